The second kappa shape index (κ2) is 6.85. The van der Waals surface area contributed by atoms with Gasteiger partial charge in [-0.05, 0) is 49.9 Å². The van der Waals surface area contributed by atoms with Crippen LogP contribution < -0.4 is 5.56 Å². The lowest BCUT2D eigenvalue weighted by Gasteiger charge is -2.12. The summed E-state index contributed by atoms with van der Waals surface area (Å²) in [4.78, 5) is 18.2. The molecule has 5 aromatic rings. The molecule has 0 unspecified atom stereocenters. The molecule has 8 heteroatoms. The highest BCUT2D eigenvalue weighted by Crippen LogP contribution is 2.34. The van der Waals surface area contributed by atoms with Gasteiger partial charge in [-0.2, -0.15) is 14.9 Å². The first-order valence-corrected chi connectivity index (χ1v) is 10.7. The van der Waals surface area contributed by atoms with E-state index >= 15 is 4.39 Å². The van der Waals surface area contributed by atoms with Crippen LogP contribution in [-0.4, -0.2) is 29.1 Å². The molecule has 1 saturated carbocycles. The number of nitrogens with zero attached hydrogens (tertiary/aromatic N) is 6. The first kappa shape index (κ1) is 18.9. The summed E-state index contributed by atoms with van der Waals surface area (Å²) in [6.45, 7) is 2.57. The number of rotatable bonds is 4. The number of benzene rings is 1. The molecular formula is C24H21FN6O. The Morgan fingerprint density at radius 2 is 1.97 bits per heavy atom. The normalized spacial score (nSPS) is 14.0. The lowest BCUT2D eigenvalue weighted by molar-refractivity contribution is 0.602. The fraction of sp³-hybridized carbons (Fsp3) is 0.250. The van der Waals surface area contributed by atoms with Crippen LogP contribution in [0.15, 0.2) is 53.7 Å². The number of halogens is 1. The second-order valence-corrected chi connectivity index (χ2v) is 8.60. The summed E-state index contributed by atoms with van der Waals surface area (Å²) in [6.07, 6.45) is 7.26. The molecule has 0 atom stereocenters. The van der Waals surface area contributed by atoms with Crippen molar-refractivity contribution in [1.82, 2.24) is 29.1 Å². The molecule has 1 aromatic carbocycles. The van der Waals surface area contributed by atoms with Crippen LogP contribution in [0.25, 0.3) is 38.8 Å². The number of fused-ring (bicyclic) bond motifs is 2. The van der Waals surface area contributed by atoms with Crippen molar-refractivity contribution in [3.63, 3.8) is 0 Å². The van der Waals surface area contributed by atoms with Gasteiger partial charge in [-0.15, -0.1) is 0 Å². The topological polar surface area (TPSA) is 70.5 Å². The molecule has 6 rings (SSSR count). The molecule has 4 heterocycles. The average Bonchev–Trinajstić information content (AvgIpc) is 3.43. The Hall–Kier alpha value is -3.81. The zero-order valence-corrected chi connectivity index (χ0v) is 17.8. The Labute approximate surface area is 182 Å². The van der Waals surface area contributed by atoms with Crippen molar-refractivity contribution in [2.45, 2.75) is 26.3 Å². The van der Waals surface area contributed by atoms with E-state index in [4.69, 9.17) is 0 Å². The van der Waals surface area contributed by atoms with E-state index in [-0.39, 0.29) is 11.1 Å². The minimum atomic E-state index is -0.432. The van der Waals surface area contributed by atoms with Crippen molar-refractivity contribution in [3.05, 3.63) is 70.8 Å². The molecule has 1 fully saturated rings. The maximum absolute atomic E-state index is 15.1. The first-order valence-electron chi connectivity index (χ1n) is 10.7. The standard InChI is InChI=1S/C24H21FN6O/c1-14-3-6-16(10-26-14)21-23-22(19(25)13-30(23)11-15-4-5-15)28-31(24(21)32)18-7-8-20-17(9-18)12-29(2)27-20/h3,6-10,12-13,15H,4-5,11H2,1-2H3. The molecule has 4 aromatic heterocycles. The van der Waals surface area contributed by atoms with Gasteiger partial charge in [-0.1, -0.05) is 6.07 Å². The summed E-state index contributed by atoms with van der Waals surface area (Å²) in [5.41, 5.74) is 3.71. The molecule has 0 aliphatic heterocycles. The van der Waals surface area contributed by atoms with Gasteiger partial charge in [0, 0.05) is 48.8 Å². The smallest absolute Gasteiger partial charge is 0.281 e. The molecule has 7 nitrogen and oxygen atoms in total. The van der Waals surface area contributed by atoms with Gasteiger partial charge < -0.3 is 4.57 Å². The van der Waals surface area contributed by atoms with Gasteiger partial charge in [0.1, 0.15) is 5.52 Å². The third-order valence-corrected chi connectivity index (χ3v) is 6.05. The van der Waals surface area contributed by atoms with E-state index in [1.165, 1.54) is 10.9 Å². The summed E-state index contributed by atoms with van der Waals surface area (Å²) in [7, 11) is 1.84. The van der Waals surface area contributed by atoms with E-state index in [0.717, 1.165) is 29.4 Å². The quantitative estimate of drug-likeness (QED) is 0.434. The maximum Gasteiger partial charge on any atom is 0.281 e. The van der Waals surface area contributed by atoms with Crippen LogP contribution in [0.3, 0.4) is 0 Å². The van der Waals surface area contributed by atoms with E-state index < -0.39 is 5.82 Å². The molecule has 0 bridgehead atoms. The van der Waals surface area contributed by atoms with Crippen molar-refractivity contribution >= 4 is 21.9 Å². The summed E-state index contributed by atoms with van der Waals surface area (Å²) in [5.74, 6) is 0.0857. The SMILES string of the molecule is Cc1ccc(-c2c(=O)n(-c3ccc4nn(C)cc4c3)nc3c(F)cn(CC4CC4)c23)cn1. The third kappa shape index (κ3) is 3.02. The van der Waals surface area contributed by atoms with E-state index in [1.807, 2.05) is 49.0 Å². The Kier molecular flexibility index (Phi) is 4.05. The highest BCUT2D eigenvalue weighted by Gasteiger charge is 2.26. The van der Waals surface area contributed by atoms with Gasteiger partial charge in [0.2, 0.25) is 0 Å². The van der Waals surface area contributed by atoms with Crippen LogP contribution in [0.1, 0.15) is 18.5 Å². The Balaban J connectivity index is 1.66. The Morgan fingerprint density at radius 3 is 2.72 bits per heavy atom. The van der Waals surface area contributed by atoms with Crippen LogP contribution in [0, 0.1) is 18.7 Å². The zero-order chi connectivity index (χ0) is 22.0. The lowest BCUT2D eigenvalue weighted by atomic mass is 10.1. The predicted molar refractivity (Wildman–Crippen MR) is 120 cm³/mol. The number of aromatic nitrogens is 6. The minimum Gasteiger partial charge on any atom is -0.342 e. The van der Waals surface area contributed by atoms with E-state index in [0.29, 0.717) is 34.8 Å². The summed E-state index contributed by atoms with van der Waals surface area (Å²) < 4.78 is 19.9. The Bertz CT molecular complexity index is 1560. The number of hydrogen-bond acceptors (Lipinski definition) is 4. The maximum atomic E-state index is 15.1. The third-order valence-electron chi connectivity index (χ3n) is 6.05. The average molecular weight is 428 g/mol. The highest BCUT2D eigenvalue weighted by atomic mass is 19.1. The van der Waals surface area contributed by atoms with Gasteiger partial charge in [0.25, 0.3) is 5.56 Å². The van der Waals surface area contributed by atoms with E-state index in [2.05, 4.69) is 15.2 Å². The number of aryl methyl sites for hydroxylation is 2. The van der Waals surface area contributed by atoms with Crippen LogP contribution in [-0.2, 0) is 13.6 Å². The van der Waals surface area contributed by atoms with Gasteiger partial charge in [-0.3, -0.25) is 14.5 Å². The van der Waals surface area contributed by atoms with Crippen LogP contribution in [0.2, 0.25) is 0 Å². The molecular weight excluding hydrogens is 407 g/mol. The van der Waals surface area contributed by atoms with Crippen LogP contribution in [0.5, 0.6) is 0 Å². The molecule has 0 radical (unpaired) electrons. The van der Waals surface area contributed by atoms with Gasteiger partial charge in [-0.25, -0.2) is 4.39 Å². The van der Waals surface area contributed by atoms with Crippen molar-refractivity contribution < 1.29 is 4.39 Å². The van der Waals surface area contributed by atoms with Gasteiger partial charge in [0.15, 0.2) is 5.82 Å². The molecule has 0 spiro atoms. The fourth-order valence-corrected chi connectivity index (χ4v) is 4.26. The Morgan fingerprint density at radius 1 is 1.12 bits per heavy atom. The van der Waals surface area contributed by atoms with E-state index in [1.54, 1.807) is 16.9 Å². The molecule has 0 saturated heterocycles. The van der Waals surface area contributed by atoms with Gasteiger partial charge >= 0.3 is 0 Å². The minimum absolute atomic E-state index is 0.187. The molecule has 0 N–H and O–H groups in total. The lowest BCUT2D eigenvalue weighted by Crippen LogP contribution is -2.24. The second-order valence-electron chi connectivity index (χ2n) is 8.60. The molecule has 0 amide bonds. The van der Waals surface area contributed by atoms with Crippen LogP contribution in [0.4, 0.5) is 4.39 Å². The number of pyridine rings is 1. The van der Waals surface area contributed by atoms with Crippen molar-refractivity contribution in [1.29, 1.82) is 0 Å². The molecule has 32 heavy (non-hydrogen) atoms. The summed E-state index contributed by atoms with van der Waals surface area (Å²) >= 11 is 0. The van der Waals surface area contributed by atoms with E-state index in [9.17, 15) is 4.79 Å². The zero-order valence-electron chi connectivity index (χ0n) is 17.8. The van der Waals surface area contributed by atoms with Crippen molar-refractivity contribution in [2.75, 3.05) is 0 Å². The van der Waals surface area contributed by atoms with Crippen molar-refractivity contribution in [3.8, 4) is 16.8 Å². The van der Waals surface area contributed by atoms with Gasteiger partial charge in [0.05, 0.1) is 22.3 Å². The monoisotopic (exact) mass is 428 g/mol. The molecule has 1 aliphatic rings. The van der Waals surface area contributed by atoms with Crippen molar-refractivity contribution in [2.24, 2.45) is 13.0 Å². The fourth-order valence-electron chi connectivity index (χ4n) is 4.26. The summed E-state index contributed by atoms with van der Waals surface area (Å²) in [5, 5.41) is 9.73. The number of hydrogen-bond donors (Lipinski definition) is 0. The van der Waals surface area contributed by atoms with Crippen LogP contribution >= 0.6 is 0 Å². The molecule has 1 aliphatic carbocycles. The highest BCUT2D eigenvalue weighted by molar-refractivity contribution is 5.92. The first-order chi connectivity index (χ1) is 15.5. The summed E-state index contributed by atoms with van der Waals surface area (Å²) in [6, 6.07) is 9.19. The largest absolute Gasteiger partial charge is 0.342 e. The predicted octanol–water partition coefficient (Wildman–Crippen LogP) is 3.99. The molecule has 160 valence electrons.